The Morgan fingerprint density at radius 2 is 1.92 bits per heavy atom. The van der Waals surface area contributed by atoms with Gasteiger partial charge >= 0.3 is 6.18 Å². The van der Waals surface area contributed by atoms with Gasteiger partial charge in [-0.1, -0.05) is 0 Å². The Labute approximate surface area is 136 Å². The molecule has 3 heterocycles. The molecule has 0 saturated carbocycles. The van der Waals surface area contributed by atoms with E-state index in [-0.39, 0.29) is 17.4 Å². The van der Waals surface area contributed by atoms with E-state index < -0.39 is 17.6 Å². The number of hydrogen-bond donors (Lipinski definition) is 1. The lowest BCUT2D eigenvalue weighted by Gasteiger charge is -2.41. The van der Waals surface area contributed by atoms with Gasteiger partial charge in [-0.25, -0.2) is 4.98 Å². The fourth-order valence-electron chi connectivity index (χ4n) is 2.54. The molecule has 1 aliphatic heterocycles. The second-order valence-electron chi connectivity index (χ2n) is 5.66. The summed E-state index contributed by atoms with van der Waals surface area (Å²) < 4.78 is 38.5. The molecule has 1 saturated heterocycles. The quantitative estimate of drug-likeness (QED) is 0.935. The molecular formula is C16H15F3N4O. The van der Waals surface area contributed by atoms with Crippen molar-refractivity contribution < 1.29 is 18.0 Å². The third kappa shape index (κ3) is 3.47. The number of anilines is 1. The number of carbonyl (C=O) groups excluding carboxylic acids is 1. The van der Waals surface area contributed by atoms with Gasteiger partial charge in [-0.05, 0) is 31.2 Å². The Balaban J connectivity index is 1.64. The van der Waals surface area contributed by atoms with Crippen molar-refractivity contribution in [2.45, 2.75) is 19.1 Å². The van der Waals surface area contributed by atoms with Crippen LogP contribution in [0.25, 0.3) is 0 Å². The van der Waals surface area contributed by atoms with Crippen LogP contribution >= 0.6 is 0 Å². The largest absolute Gasteiger partial charge is 0.416 e. The number of rotatable bonds is 3. The van der Waals surface area contributed by atoms with Crippen molar-refractivity contribution in [2.75, 3.05) is 18.0 Å². The first-order valence-electron chi connectivity index (χ1n) is 7.34. The summed E-state index contributed by atoms with van der Waals surface area (Å²) in [5, 5.41) is 2.71. The third-order valence-corrected chi connectivity index (χ3v) is 3.76. The van der Waals surface area contributed by atoms with Crippen LogP contribution in [0.5, 0.6) is 0 Å². The smallest absolute Gasteiger partial charge is 0.367 e. The molecule has 5 nitrogen and oxygen atoms in total. The SMILES string of the molecule is Cc1cc(C(F)(F)F)cc(C(=O)NC2CN(c3ccncc3)C2)n1. The number of aryl methyl sites for hydroxylation is 1. The summed E-state index contributed by atoms with van der Waals surface area (Å²) >= 11 is 0. The van der Waals surface area contributed by atoms with Gasteiger partial charge in [-0.2, -0.15) is 13.2 Å². The first-order chi connectivity index (χ1) is 11.3. The number of hydrogen-bond acceptors (Lipinski definition) is 4. The summed E-state index contributed by atoms with van der Waals surface area (Å²) in [6.07, 6.45) is -1.15. The van der Waals surface area contributed by atoms with Gasteiger partial charge in [0.2, 0.25) is 0 Å². The van der Waals surface area contributed by atoms with Gasteiger partial charge < -0.3 is 10.2 Å². The summed E-state index contributed by atoms with van der Waals surface area (Å²) in [5.74, 6) is -0.594. The summed E-state index contributed by atoms with van der Waals surface area (Å²) in [5.41, 5.74) is 0.0578. The summed E-state index contributed by atoms with van der Waals surface area (Å²) in [7, 11) is 0. The second kappa shape index (κ2) is 6.10. The van der Waals surface area contributed by atoms with Crippen molar-refractivity contribution in [2.24, 2.45) is 0 Å². The molecule has 2 aromatic rings. The van der Waals surface area contributed by atoms with Crippen LogP contribution in [0, 0.1) is 6.92 Å². The van der Waals surface area contributed by atoms with Gasteiger partial charge in [-0.15, -0.1) is 0 Å². The van der Waals surface area contributed by atoms with E-state index in [4.69, 9.17) is 0 Å². The molecule has 8 heteroatoms. The molecule has 2 aromatic heterocycles. The molecule has 126 valence electrons. The minimum Gasteiger partial charge on any atom is -0.367 e. The van der Waals surface area contributed by atoms with E-state index in [1.54, 1.807) is 12.4 Å². The minimum atomic E-state index is -4.50. The molecule has 0 aromatic carbocycles. The Hall–Kier alpha value is -2.64. The standard InChI is InChI=1S/C16H15F3N4O/c1-10-6-11(16(17,18)19)7-14(21-10)15(24)22-12-8-23(9-12)13-2-4-20-5-3-13/h2-7,12H,8-9H2,1H3,(H,22,24). The fraction of sp³-hybridized carbons (Fsp3) is 0.312. The minimum absolute atomic E-state index is 0.123. The lowest BCUT2D eigenvalue weighted by atomic mass is 10.1. The van der Waals surface area contributed by atoms with E-state index in [2.05, 4.69) is 15.3 Å². The van der Waals surface area contributed by atoms with Crippen LogP contribution in [-0.2, 0) is 6.18 Å². The van der Waals surface area contributed by atoms with Crippen molar-refractivity contribution >= 4 is 11.6 Å². The molecule has 0 radical (unpaired) electrons. The van der Waals surface area contributed by atoms with Gasteiger partial charge in [0.15, 0.2) is 0 Å². The Bertz CT molecular complexity index is 743. The number of halogens is 3. The fourth-order valence-corrected chi connectivity index (χ4v) is 2.54. The first kappa shape index (κ1) is 16.2. The first-order valence-corrected chi connectivity index (χ1v) is 7.34. The average Bonchev–Trinajstić information content (AvgIpc) is 2.49. The maximum atomic E-state index is 12.8. The van der Waals surface area contributed by atoms with Crippen LogP contribution in [0.4, 0.5) is 18.9 Å². The average molecular weight is 336 g/mol. The van der Waals surface area contributed by atoms with E-state index in [0.717, 1.165) is 17.8 Å². The van der Waals surface area contributed by atoms with E-state index in [1.165, 1.54) is 6.92 Å². The lowest BCUT2D eigenvalue weighted by Crippen LogP contribution is -2.59. The maximum absolute atomic E-state index is 12.8. The molecule has 1 N–H and O–H groups in total. The van der Waals surface area contributed by atoms with E-state index in [1.807, 2.05) is 17.0 Å². The van der Waals surface area contributed by atoms with Crippen LogP contribution in [0.2, 0.25) is 0 Å². The van der Waals surface area contributed by atoms with Gasteiger partial charge in [0, 0.05) is 36.9 Å². The maximum Gasteiger partial charge on any atom is 0.416 e. The monoisotopic (exact) mass is 336 g/mol. The van der Waals surface area contributed by atoms with Crippen molar-refractivity contribution in [1.82, 2.24) is 15.3 Å². The molecule has 1 amide bonds. The molecule has 0 spiro atoms. The molecule has 1 fully saturated rings. The number of nitrogens with zero attached hydrogens (tertiary/aromatic N) is 3. The zero-order valence-electron chi connectivity index (χ0n) is 12.8. The van der Waals surface area contributed by atoms with Gasteiger partial charge in [0.25, 0.3) is 5.91 Å². The van der Waals surface area contributed by atoms with Crippen LogP contribution in [-0.4, -0.2) is 35.0 Å². The molecule has 3 rings (SSSR count). The highest BCUT2D eigenvalue weighted by atomic mass is 19.4. The molecular weight excluding hydrogens is 321 g/mol. The lowest BCUT2D eigenvalue weighted by molar-refractivity contribution is -0.137. The molecule has 0 aliphatic carbocycles. The highest BCUT2D eigenvalue weighted by Crippen LogP contribution is 2.30. The van der Waals surface area contributed by atoms with Crippen molar-refractivity contribution in [3.8, 4) is 0 Å². The highest BCUT2D eigenvalue weighted by molar-refractivity contribution is 5.93. The topological polar surface area (TPSA) is 58.1 Å². The van der Waals surface area contributed by atoms with Crippen LogP contribution in [0.1, 0.15) is 21.7 Å². The van der Waals surface area contributed by atoms with E-state index in [0.29, 0.717) is 13.1 Å². The number of aromatic nitrogens is 2. The van der Waals surface area contributed by atoms with Crippen LogP contribution in [0.3, 0.4) is 0 Å². The van der Waals surface area contributed by atoms with Crippen molar-refractivity contribution in [3.63, 3.8) is 0 Å². The molecule has 0 bridgehead atoms. The number of nitrogens with one attached hydrogen (secondary N) is 1. The zero-order valence-corrected chi connectivity index (χ0v) is 12.8. The number of carbonyl (C=O) groups is 1. The third-order valence-electron chi connectivity index (χ3n) is 3.76. The van der Waals surface area contributed by atoms with E-state index in [9.17, 15) is 18.0 Å². The Kier molecular flexibility index (Phi) is 4.13. The van der Waals surface area contributed by atoms with Crippen LogP contribution < -0.4 is 10.2 Å². The Morgan fingerprint density at radius 3 is 2.54 bits per heavy atom. The second-order valence-corrected chi connectivity index (χ2v) is 5.66. The van der Waals surface area contributed by atoms with E-state index >= 15 is 0 Å². The summed E-state index contributed by atoms with van der Waals surface area (Å²) in [6, 6.07) is 5.29. The normalized spacial score (nSPS) is 15.1. The summed E-state index contributed by atoms with van der Waals surface area (Å²) in [4.78, 5) is 22.0. The zero-order chi connectivity index (χ0) is 17.3. The van der Waals surface area contributed by atoms with Crippen LogP contribution in [0.15, 0.2) is 36.7 Å². The summed E-state index contributed by atoms with van der Waals surface area (Å²) in [6.45, 7) is 2.61. The van der Waals surface area contributed by atoms with Gasteiger partial charge in [-0.3, -0.25) is 9.78 Å². The highest BCUT2D eigenvalue weighted by Gasteiger charge is 2.33. The van der Waals surface area contributed by atoms with Crippen molar-refractivity contribution in [1.29, 1.82) is 0 Å². The number of amides is 1. The Morgan fingerprint density at radius 1 is 1.25 bits per heavy atom. The van der Waals surface area contributed by atoms with Crippen molar-refractivity contribution in [3.05, 3.63) is 53.6 Å². The molecule has 0 unspecified atom stereocenters. The number of pyridine rings is 2. The predicted octanol–water partition coefficient (Wildman–Crippen LogP) is 2.42. The van der Waals surface area contributed by atoms with Gasteiger partial charge in [0.1, 0.15) is 5.69 Å². The number of alkyl halides is 3. The predicted molar refractivity (Wildman–Crippen MR) is 81.7 cm³/mol. The molecule has 0 atom stereocenters. The molecule has 24 heavy (non-hydrogen) atoms. The van der Waals surface area contributed by atoms with Gasteiger partial charge in [0.05, 0.1) is 11.6 Å². The molecule has 1 aliphatic rings.